The molecule has 2 atom stereocenters. The van der Waals surface area contributed by atoms with Crippen LogP contribution in [0.5, 0.6) is 0 Å². The molecule has 1 aromatic rings. The first-order valence-corrected chi connectivity index (χ1v) is 7.20. The largest absolute Gasteiger partial charge is 0.406 e. The number of aliphatic hydroxyl groups is 1. The predicted octanol–water partition coefficient (Wildman–Crippen LogP) is 1.48. The lowest BCUT2D eigenvalue weighted by Crippen LogP contribution is -2.42. The second kappa shape index (κ2) is 6.86. The van der Waals surface area contributed by atoms with Crippen molar-refractivity contribution in [3.8, 4) is 0 Å². The van der Waals surface area contributed by atoms with Crippen molar-refractivity contribution in [2.45, 2.75) is 51.6 Å². The van der Waals surface area contributed by atoms with Crippen molar-refractivity contribution in [3.63, 3.8) is 0 Å². The number of anilines is 1. The van der Waals surface area contributed by atoms with Crippen LogP contribution in [0.1, 0.15) is 51.5 Å². The first-order chi connectivity index (χ1) is 9.26. The van der Waals surface area contributed by atoms with Gasteiger partial charge in [-0.05, 0) is 39.2 Å². The van der Waals surface area contributed by atoms with Gasteiger partial charge in [0.15, 0.2) is 0 Å². The number of piperidine rings is 1. The lowest BCUT2D eigenvalue weighted by atomic mass is 10.0. The van der Waals surface area contributed by atoms with Crippen molar-refractivity contribution in [2.24, 2.45) is 0 Å². The molecular formula is C13H24N4O2. The molecule has 0 spiro atoms. The fraction of sp³-hybridized carbons (Fsp3) is 0.846. The van der Waals surface area contributed by atoms with Gasteiger partial charge < -0.3 is 19.7 Å². The minimum atomic E-state index is 0.0681. The van der Waals surface area contributed by atoms with E-state index in [4.69, 9.17) is 4.42 Å². The summed E-state index contributed by atoms with van der Waals surface area (Å²) in [6.07, 6.45) is 4.32. The smallest absolute Gasteiger partial charge is 0.318 e. The number of hydrogen-bond donors (Lipinski definition) is 2. The average Bonchev–Trinajstić information content (AvgIpc) is 2.94. The van der Waals surface area contributed by atoms with Gasteiger partial charge in [-0.1, -0.05) is 12.0 Å². The molecule has 0 amide bonds. The third kappa shape index (κ3) is 3.45. The zero-order valence-corrected chi connectivity index (χ0v) is 11.8. The van der Waals surface area contributed by atoms with E-state index in [0.717, 1.165) is 38.8 Å². The molecule has 0 aromatic carbocycles. The molecule has 6 heteroatoms. The van der Waals surface area contributed by atoms with Gasteiger partial charge in [0.05, 0.1) is 18.7 Å². The molecule has 1 saturated heterocycles. The number of rotatable bonds is 6. The van der Waals surface area contributed by atoms with Gasteiger partial charge in [0, 0.05) is 6.54 Å². The van der Waals surface area contributed by atoms with Gasteiger partial charge in [0.1, 0.15) is 0 Å². The molecule has 1 aliphatic rings. The third-order valence-electron chi connectivity index (χ3n) is 3.58. The Morgan fingerprint density at radius 1 is 1.47 bits per heavy atom. The zero-order chi connectivity index (χ0) is 13.7. The minimum absolute atomic E-state index is 0.0681. The molecular weight excluding hydrogens is 244 g/mol. The van der Waals surface area contributed by atoms with Crippen molar-refractivity contribution in [1.82, 2.24) is 15.5 Å². The second-order valence-electron chi connectivity index (χ2n) is 5.12. The van der Waals surface area contributed by atoms with E-state index in [2.05, 4.69) is 22.4 Å². The Kier molecular flexibility index (Phi) is 5.15. The highest BCUT2D eigenvalue weighted by molar-refractivity contribution is 5.27. The van der Waals surface area contributed by atoms with Crippen LogP contribution >= 0.6 is 0 Å². The highest BCUT2D eigenvalue weighted by Crippen LogP contribution is 2.24. The van der Waals surface area contributed by atoms with Crippen LogP contribution in [0.15, 0.2) is 4.42 Å². The van der Waals surface area contributed by atoms with Crippen molar-refractivity contribution >= 4 is 6.01 Å². The van der Waals surface area contributed by atoms with Crippen LogP contribution in [0, 0.1) is 0 Å². The number of nitrogens with one attached hydrogen (secondary N) is 1. The monoisotopic (exact) mass is 268 g/mol. The molecule has 0 radical (unpaired) electrons. The zero-order valence-electron chi connectivity index (χ0n) is 11.8. The molecule has 0 bridgehead atoms. The van der Waals surface area contributed by atoms with Crippen LogP contribution in [-0.4, -0.2) is 41.0 Å². The average molecular weight is 268 g/mol. The Hall–Kier alpha value is -1.14. The first-order valence-electron chi connectivity index (χ1n) is 7.20. The number of aromatic nitrogens is 2. The van der Waals surface area contributed by atoms with Crippen LogP contribution in [0.2, 0.25) is 0 Å². The Bertz CT molecular complexity index is 382. The van der Waals surface area contributed by atoms with E-state index in [1.807, 2.05) is 11.8 Å². The maximum Gasteiger partial charge on any atom is 0.318 e. The molecule has 1 aliphatic heterocycles. The third-order valence-corrected chi connectivity index (χ3v) is 3.58. The second-order valence-corrected chi connectivity index (χ2v) is 5.12. The Morgan fingerprint density at radius 3 is 3.05 bits per heavy atom. The number of aliphatic hydroxyl groups excluding tert-OH is 1. The highest BCUT2D eigenvalue weighted by Gasteiger charge is 2.26. The van der Waals surface area contributed by atoms with Gasteiger partial charge in [-0.3, -0.25) is 0 Å². The summed E-state index contributed by atoms with van der Waals surface area (Å²) < 4.78 is 5.74. The standard InChI is InChI=1S/C13H24N4O2/c1-3-7-14-10(2)12-15-16-13(19-12)17-8-5-4-6-11(17)9-18/h10-11,14,18H,3-9H2,1-2H3. The Morgan fingerprint density at radius 2 is 2.32 bits per heavy atom. The fourth-order valence-corrected chi connectivity index (χ4v) is 2.41. The van der Waals surface area contributed by atoms with E-state index >= 15 is 0 Å². The van der Waals surface area contributed by atoms with Gasteiger partial charge in [0.2, 0.25) is 5.89 Å². The summed E-state index contributed by atoms with van der Waals surface area (Å²) >= 11 is 0. The van der Waals surface area contributed by atoms with E-state index in [1.54, 1.807) is 0 Å². The molecule has 2 N–H and O–H groups in total. The van der Waals surface area contributed by atoms with E-state index < -0.39 is 0 Å². The summed E-state index contributed by atoms with van der Waals surface area (Å²) in [6.45, 7) is 6.10. The van der Waals surface area contributed by atoms with E-state index in [-0.39, 0.29) is 18.7 Å². The molecule has 108 valence electrons. The topological polar surface area (TPSA) is 74.4 Å². The summed E-state index contributed by atoms with van der Waals surface area (Å²) in [5, 5.41) is 21.0. The van der Waals surface area contributed by atoms with Crippen molar-refractivity contribution in [1.29, 1.82) is 0 Å². The molecule has 2 unspecified atom stereocenters. The van der Waals surface area contributed by atoms with Crippen molar-refractivity contribution in [2.75, 3.05) is 24.6 Å². The molecule has 2 heterocycles. The van der Waals surface area contributed by atoms with Crippen LogP contribution in [0.25, 0.3) is 0 Å². The molecule has 1 aromatic heterocycles. The molecule has 0 saturated carbocycles. The summed E-state index contributed by atoms with van der Waals surface area (Å²) in [4.78, 5) is 2.03. The molecule has 6 nitrogen and oxygen atoms in total. The Balaban J connectivity index is 2.02. The van der Waals surface area contributed by atoms with Gasteiger partial charge in [0.25, 0.3) is 0 Å². The molecule has 2 rings (SSSR count). The maximum atomic E-state index is 9.41. The molecule has 1 fully saturated rings. The maximum absolute atomic E-state index is 9.41. The number of hydrogen-bond acceptors (Lipinski definition) is 6. The first kappa shape index (κ1) is 14.3. The lowest BCUT2D eigenvalue weighted by molar-refractivity contribution is 0.234. The lowest BCUT2D eigenvalue weighted by Gasteiger charge is -2.32. The summed E-state index contributed by atoms with van der Waals surface area (Å²) in [7, 11) is 0. The van der Waals surface area contributed by atoms with Crippen molar-refractivity contribution in [3.05, 3.63) is 5.89 Å². The summed E-state index contributed by atoms with van der Waals surface area (Å²) in [5.41, 5.74) is 0. The number of nitrogens with zero attached hydrogens (tertiary/aromatic N) is 3. The molecule has 19 heavy (non-hydrogen) atoms. The predicted molar refractivity (Wildman–Crippen MR) is 73.1 cm³/mol. The normalized spacial score (nSPS) is 21.6. The van der Waals surface area contributed by atoms with Gasteiger partial charge >= 0.3 is 6.01 Å². The molecule has 0 aliphatic carbocycles. The minimum Gasteiger partial charge on any atom is -0.406 e. The van der Waals surface area contributed by atoms with Crippen LogP contribution in [-0.2, 0) is 0 Å². The van der Waals surface area contributed by atoms with E-state index in [1.165, 1.54) is 0 Å². The van der Waals surface area contributed by atoms with Gasteiger partial charge in [-0.2, -0.15) is 0 Å². The fourth-order valence-electron chi connectivity index (χ4n) is 2.41. The van der Waals surface area contributed by atoms with Gasteiger partial charge in [-0.15, -0.1) is 5.10 Å². The Labute approximate surface area is 114 Å². The highest BCUT2D eigenvalue weighted by atomic mass is 16.4. The van der Waals surface area contributed by atoms with E-state index in [9.17, 15) is 5.11 Å². The van der Waals surface area contributed by atoms with Crippen LogP contribution in [0.4, 0.5) is 6.01 Å². The van der Waals surface area contributed by atoms with Crippen LogP contribution < -0.4 is 10.2 Å². The van der Waals surface area contributed by atoms with Gasteiger partial charge in [-0.25, -0.2) is 0 Å². The van der Waals surface area contributed by atoms with Crippen LogP contribution in [0.3, 0.4) is 0 Å². The van der Waals surface area contributed by atoms with Crippen molar-refractivity contribution < 1.29 is 9.52 Å². The summed E-state index contributed by atoms with van der Waals surface area (Å²) in [6, 6.07) is 0.721. The summed E-state index contributed by atoms with van der Waals surface area (Å²) in [5.74, 6) is 0.616. The quantitative estimate of drug-likeness (QED) is 0.814. The SMILES string of the molecule is CCCNC(C)c1nnc(N2CCCCC2CO)o1. The van der Waals surface area contributed by atoms with E-state index in [0.29, 0.717) is 11.9 Å².